The van der Waals surface area contributed by atoms with Crippen LogP contribution in [0.4, 0.5) is 0 Å². The zero-order valence-electron chi connectivity index (χ0n) is 10.1. The van der Waals surface area contributed by atoms with Gasteiger partial charge in [-0.25, -0.2) is 0 Å². The van der Waals surface area contributed by atoms with Crippen molar-refractivity contribution in [2.45, 2.75) is 38.7 Å². The van der Waals surface area contributed by atoms with Gasteiger partial charge in [-0.05, 0) is 48.9 Å². The van der Waals surface area contributed by atoms with Crippen molar-refractivity contribution in [3.8, 4) is 5.75 Å². The molecule has 0 spiro atoms. The van der Waals surface area contributed by atoms with Gasteiger partial charge in [0.2, 0.25) is 0 Å². The zero-order chi connectivity index (χ0) is 12.3. The van der Waals surface area contributed by atoms with Crippen LogP contribution in [0.3, 0.4) is 0 Å². The molecule has 17 heavy (non-hydrogen) atoms. The van der Waals surface area contributed by atoms with Crippen LogP contribution >= 0.6 is 11.6 Å². The quantitative estimate of drug-likeness (QED) is 0.799. The fraction of sp³-hybridized carbons (Fsp3) is 0.500. The number of nitrogens with one attached hydrogen (secondary N) is 1. The van der Waals surface area contributed by atoms with Gasteiger partial charge in [0.05, 0.1) is 11.1 Å². The van der Waals surface area contributed by atoms with E-state index in [9.17, 15) is 0 Å². The van der Waals surface area contributed by atoms with Crippen LogP contribution < -0.4 is 4.74 Å². The Bertz CT molecular complexity index is 405. The minimum absolute atomic E-state index is 0.294. The van der Waals surface area contributed by atoms with Crippen molar-refractivity contribution in [3.05, 3.63) is 28.8 Å². The van der Waals surface area contributed by atoms with E-state index in [1.807, 2.05) is 12.1 Å². The average molecular weight is 252 g/mol. The maximum atomic E-state index is 7.17. The monoisotopic (exact) mass is 251 g/mol. The predicted molar refractivity (Wildman–Crippen MR) is 71.4 cm³/mol. The molecular weight excluding hydrogens is 234 g/mol. The van der Waals surface area contributed by atoms with E-state index in [1.165, 1.54) is 19.1 Å². The van der Waals surface area contributed by atoms with Crippen LogP contribution in [0.1, 0.15) is 38.2 Å². The topological polar surface area (TPSA) is 33.1 Å². The fourth-order valence-corrected chi connectivity index (χ4v) is 2.60. The van der Waals surface area contributed by atoms with Gasteiger partial charge >= 0.3 is 0 Å². The highest BCUT2D eigenvalue weighted by Gasteiger charge is 2.20. The lowest BCUT2D eigenvalue weighted by atomic mass is 9.89. The minimum Gasteiger partial charge on any atom is -0.489 e. The predicted octanol–water partition coefficient (Wildman–Crippen LogP) is 4.30. The molecule has 92 valence electrons. The molecule has 0 bridgehead atoms. The molecule has 0 aliphatic heterocycles. The highest BCUT2D eigenvalue weighted by atomic mass is 35.5. The van der Waals surface area contributed by atoms with Gasteiger partial charge in [-0.1, -0.05) is 24.9 Å². The Morgan fingerprint density at radius 1 is 1.41 bits per heavy atom. The van der Waals surface area contributed by atoms with Crippen molar-refractivity contribution in [2.75, 3.05) is 0 Å². The van der Waals surface area contributed by atoms with Gasteiger partial charge in [-0.3, -0.25) is 0 Å². The summed E-state index contributed by atoms with van der Waals surface area (Å²) in [6.45, 7) is 2.27. The number of hydrogen-bond donors (Lipinski definition) is 1. The van der Waals surface area contributed by atoms with E-state index in [1.54, 1.807) is 6.07 Å². The van der Waals surface area contributed by atoms with Crippen LogP contribution in [-0.4, -0.2) is 12.3 Å². The number of ether oxygens (including phenoxy) is 1. The lowest BCUT2D eigenvalue weighted by Crippen LogP contribution is -2.24. The largest absolute Gasteiger partial charge is 0.489 e. The Labute approximate surface area is 107 Å². The molecule has 0 radical (unpaired) electrons. The van der Waals surface area contributed by atoms with Gasteiger partial charge in [-0.15, -0.1) is 0 Å². The van der Waals surface area contributed by atoms with E-state index >= 15 is 0 Å². The second-order valence-corrected chi connectivity index (χ2v) is 5.25. The van der Waals surface area contributed by atoms with Crippen LogP contribution in [0.25, 0.3) is 0 Å². The van der Waals surface area contributed by atoms with Gasteiger partial charge in [0.15, 0.2) is 0 Å². The first-order valence-corrected chi connectivity index (χ1v) is 6.53. The van der Waals surface area contributed by atoms with Crippen LogP contribution in [0.15, 0.2) is 18.2 Å². The second kappa shape index (κ2) is 5.54. The molecule has 1 aliphatic rings. The SMILES string of the molecule is C[C@@H]1CCC[C@H](Oc2ccc(C=N)cc2Cl)C1. The lowest BCUT2D eigenvalue weighted by molar-refractivity contribution is 0.129. The highest BCUT2D eigenvalue weighted by molar-refractivity contribution is 6.32. The summed E-state index contributed by atoms with van der Waals surface area (Å²) in [5.74, 6) is 1.49. The summed E-state index contributed by atoms with van der Waals surface area (Å²) >= 11 is 6.14. The average Bonchev–Trinajstić information content (AvgIpc) is 2.32. The summed E-state index contributed by atoms with van der Waals surface area (Å²) in [7, 11) is 0. The molecule has 0 unspecified atom stereocenters. The first kappa shape index (κ1) is 12.4. The van der Waals surface area contributed by atoms with E-state index in [-0.39, 0.29) is 0 Å². The smallest absolute Gasteiger partial charge is 0.138 e. The Balaban J connectivity index is 2.05. The normalized spacial score (nSPS) is 24.4. The molecule has 2 nitrogen and oxygen atoms in total. The molecule has 2 atom stereocenters. The van der Waals surface area contributed by atoms with Crippen LogP contribution in [0.5, 0.6) is 5.75 Å². The minimum atomic E-state index is 0.294. The van der Waals surface area contributed by atoms with Crippen LogP contribution in [0.2, 0.25) is 5.02 Å². The standard InChI is InChI=1S/C14H18ClNO/c1-10-3-2-4-12(7-10)17-14-6-5-11(9-16)8-13(14)15/h5-6,8-10,12,16H,2-4,7H2,1H3/t10-,12+/m1/s1. The van der Waals surface area contributed by atoms with Crippen LogP contribution in [-0.2, 0) is 0 Å². The van der Waals surface area contributed by atoms with Crippen molar-refractivity contribution in [1.29, 1.82) is 5.41 Å². The molecule has 1 aliphatic carbocycles. The number of hydrogen-bond acceptors (Lipinski definition) is 2. The Morgan fingerprint density at radius 3 is 2.88 bits per heavy atom. The summed E-state index contributed by atoms with van der Waals surface area (Å²) in [6.07, 6.45) is 6.36. The van der Waals surface area contributed by atoms with Crippen LogP contribution in [0, 0.1) is 11.3 Å². The second-order valence-electron chi connectivity index (χ2n) is 4.85. The van der Waals surface area contributed by atoms with Gasteiger partial charge in [-0.2, -0.15) is 0 Å². The van der Waals surface area contributed by atoms with Crippen molar-refractivity contribution in [1.82, 2.24) is 0 Å². The van der Waals surface area contributed by atoms with Crippen molar-refractivity contribution in [2.24, 2.45) is 5.92 Å². The maximum Gasteiger partial charge on any atom is 0.138 e. The first-order chi connectivity index (χ1) is 8.19. The Hall–Kier alpha value is -1.02. The molecule has 1 aromatic rings. The Morgan fingerprint density at radius 2 is 2.24 bits per heavy atom. The number of halogens is 1. The molecule has 0 heterocycles. The molecule has 0 aromatic heterocycles. The van der Waals surface area contributed by atoms with Gasteiger partial charge < -0.3 is 10.1 Å². The summed E-state index contributed by atoms with van der Waals surface area (Å²) in [6, 6.07) is 5.50. The van der Waals surface area contributed by atoms with Crippen molar-refractivity contribution in [3.63, 3.8) is 0 Å². The maximum absolute atomic E-state index is 7.17. The summed E-state index contributed by atoms with van der Waals surface area (Å²) in [4.78, 5) is 0. The number of rotatable bonds is 3. The summed E-state index contributed by atoms with van der Waals surface area (Å²) in [5, 5.41) is 7.77. The fourth-order valence-electron chi connectivity index (χ4n) is 2.37. The van der Waals surface area contributed by atoms with E-state index in [0.717, 1.165) is 30.1 Å². The summed E-state index contributed by atoms with van der Waals surface area (Å²) in [5.41, 5.74) is 0.805. The van der Waals surface area contributed by atoms with E-state index in [0.29, 0.717) is 11.1 Å². The van der Waals surface area contributed by atoms with Crippen molar-refractivity contribution >= 4 is 17.8 Å². The van der Waals surface area contributed by atoms with Gasteiger partial charge in [0.25, 0.3) is 0 Å². The molecule has 2 rings (SSSR count). The molecular formula is C14H18ClNO. The van der Waals surface area contributed by atoms with E-state index in [2.05, 4.69) is 6.92 Å². The molecule has 1 fully saturated rings. The lowest BCUT2D eigenvalue weighted by Gasteiger charge is -2.27. The van der Waals surface area contributed by atoms with E-state index in [4.69, 9.17) is 21.7 Å². The zero-order valence-corrected chi connectivity index (χ0v) is 10.8. The first-order valence-electron chi connectivity index (χ1n) is 6.15. The third kappa shape index (κ3) is 3.22. The third-order valence-electron chi connectivity index (χ3n) is 3.30. The molecule has 0 amide bonds. The van der Waals surface area contributed by atoms with Crippen molar-refractivity contribution < 1.29 is 4.74 Å². The van der Waals surface area contributed by atoms with Gasteiger partial charge in [0.1, 0.15) is 5.75 Å². The number of benzene rings is 1. The summed E-state index contributed by atoms with van der Waals surface area (Å²) < 4.78 is 5.95. The van der Waals surface area contributed by atoms with Gasteiger partial charge in [0, 0.05) is 6.21 Å². The molecule has 3 heteroatoms. The molecule has 1 aromatic carbocycles. The Kier molecular flexibility index (Phi) is 4.06. The molecule has 0 saturated heterocycles. The molecule has 1 N–H and O–H groups in total. The van der Waals surface area contributed by atoms with E-state index < -0.39 is 0 Å². The highest BCUT2D eigenvalue weighted by Crippen LogP contribution is 2.31. The third-order valence-corrected chi connectivity index (χ3v) is 3.60. The molecule has 1 saturated carbocycles.